The number of cyclic esters (lactones) is 1. The highest BCUT2D eigenvalue weighted by Gasteiger charge is 2.62. The van der Waals surface area contributed by atoms with Crippen LogP contribution >= 0.6 is 0 Å². The number of likely N-dealkylation sites (N-methyl/N-ethyl adjacent to an activating group) is 3. The molecule has 4 heterocycles. The molecule has 0 aliphatic carbocycles. The molecular formula is C48H89N5O15S. The van der Waals surface area contributed by atoms with Crippen molar-refractivity contribution in [3.63, 3.8) is 0 Å². The molecule has 4 fully saturated rings. The lowest BCUT2D eigenvalue weighted by Crippen LogP contribution is -2.70. The fraction of sp³-hybridized carbons (Fsp3) is 0.938. The Balaban J connectivity index is 1.89. The van der Waals surface area contributed by atoms with Crippen molar-refractivity contribution in [2.24, 2.45) is 23.7 Å². The van der Waals surface area contributed by atoms with E-state index in [1.807, 2.05) is 46.8 Å². The first-order valence-electron chi connectivity index (χ1n) is 24.8. The van der Waals surface area contributed by atoms with E-state index in [0.717, 1.165) is 30.9 Å². The van der Waals surface area contributed by atoms with Gasteiger partial charge in [-0.3, -0.25) is 9.59 Å². The van der Waals surface area contributed by atoms with Gasteiger partial charge in [0.25, 0.3) is 0 Å². The summed E-state index contributed by atoms with van der Waals surface area (Å²) in [5.41, 5.74) is -5.83. The molecule has 3 N–H and O–H groups in total. The van der Waals surface area contributed by atoms with E-state index in [2.05, 4.69) is 28.5 Å². The average molecular weight is 1010 g/mol. The number of amides is 1. The van der Waals surface area contributed by atoms with Crippen molar-refractivity contribution in [1.29, 1.82) is 0 Å². The maximum atomic E-state index is 14.9. The second kappa shape index (κ2) is 23.4. The van der Waals surface area contributed by atoms with Crippen LogP contribution in [0.5, 0.6) is 0 Å². The van der Waals surface area contributed by atoms with Gasteiger partial charge in [0.15, 0.2) is 18.2 Å². The van der Waals surface area contributed by atoms with E-state index < -0.39 is 117 Å². The third kappa shape index (κ3) is 12.8. The van der Waals surface area contributed by atoms with E-state index in [0.29, 0.717) is 13.0 Å². The van der Waals surface area contributed by atoms with Gasteiger partial charge < -0.3 is 62.8 Å². The van der Waals surface area contributed by atoms with E-state index in [1.54, 1.807) is 41.5 Å². The van der Waals surface area contributed by atoms with E-state index in [1.165, 1.54) is 21.1 Å². The Morgan fingerprint density at radius 2 is 1.51 bits per heavy atom. The Kier molecular flexibility index (Phi) is 20.2. The number of sulfonamides is 1. The minimum atomic E-state index is -4.08. The zero-order valence-electron chi connectivity index (χ0n) is 44.8. The topological polar surface area (TPSA) is 225 Å². The number of ketones is 1. The van der Waals surface area contributed by atoms with Crippen LogP contribution in [-0.4, -0.2) is 214 Å². The molecule has 4 rings (SSSR count). The molecule has 21 heteroatoms. The van der Waals surface area contributed by atoms with Crippen molar-refractivity contribution in [1.82, 2.24) is 24.5 Å². The molecular weight excluding hydrogens is 919 g/mol. The van der Waals surface area contributed by atoms with Gasteiger partial charge in [-0.05, 0) is 95.0 Å². The summed E-state index contributed by atoms with van der Waals surface area (Å²) in [6.07, 6.45) is -7.39. The SMILES string of the molecule is CC[C@H]1OC(=O)[C@H](C)[C@@H](O[C@H]2C[C@@](C)(OC)[C@@](O)(CN(C)CCN(CC)CC)[C@H](C)O2)[C@H](C)[C@@H](O[C@@H]2O[C@H](C)C[C@H](N(C)C)[C@H]2O)[C@@](C)(OC)C[C@@H](C)C(=O)[C@H](C)[C@H]2N(NS(C)(=O)=O)C(=O)O[C@]12C. The second-order valence-corrected chi connectivity index (χ2v) is 23.0. The van der Waals surface area contributed by atoms with Crippen molar-refractivity contribution >= 4 is 27.9 Å². The fourth-order valence-electron chi connectivity index (χ4n) is 11.5. The molecule has 402 valence electrons. The highest BCUT2D eigenvalue weighted by Crippen LogP contribution is 2.46. The second-order valence-electron chi connectivity index (χ2n) is 21.3. The van der Waals surface area contributed by atoms with Crippen LogP contribution in [0.1, 0.15) is 109 Å². The van der Waals surface area contributed by atoms with E-state index >= 15 is 0 Å². The number of nitrogens with zero attached hydrogens (tertiary/aromatic N) is 4. The molecule has 0 unspecified atom stereocenters. The maximum absolute atomic E-state index is 14.9. The van der Waals surface area contributed by atoms with Gasteiger partial charge in [0.2, 0.25) is 10.0 Å². The first-order valence-corrected chi connectivity index (χ1v) is 26.7. The molecule has 0 aromatic heterocycles. The van der Waals surface area contributed by atoms with Crippen molar-refractivity contribution in [2.45, 2.75) is 192 Å². The number of hydrazine groups is 1. The molecule has 0 saturated carbocycles. The minimum Gasteiger partial charge on any atom is -0.458 e. The lowest BCUT2D eigenvalue weighted by atomic mass is 9.73. The van der Waals surface area contributed by atoms with Gasteiger partial charge in [0.05, 0.1) is 42.2 Å². The zero-order valence-corrected chi connectivity index (χ0v) is 45.7. The summed E-state index contributed by atoms with van der Waals surface area (Å²) in [4.78, 5) is 52.0. The first kappa shape index (κ1) is 59.4. The van der Waals surface area contributed by atoms with Crippen LogP contribution in [0.15, 0.2) is 0 Å². The molecule has 4 aliphatic rings. The Morgan fingerprint density at radius 3 is 2.04 bits per heavy atom. The Morgan fingerprint density at radius 1 is 0.884 bits per heavy atom. The normalized spacial score (nSPS) is 42.1. The highest BCUT2D eigenvalue weighted by atomic mass is 32.2. The van der Waals surface area contributed by atoms with E-state index in [4.69, 9.17) is 37.9 Å². The lowest BCUT2D eigenvalue weighted by molar-refractivity contribution is -0.339. The number of esters is 1. The summed E-state index contributed by atoms with van der Waals surface area (Å²) >= 11 is 0. The quantitative estimate of drug-likeness (QED) is 0.178. The number of Topliss-reactive ketones (excluding diaryl/α,β-unsaturated/α-hetero) is 1. The Bertz CT molecular complexity index is 1850. The smallest absolute Gasteiger partial charge is 0.426 e. The molecule has 0 radical (unpaired) electrons. The van der Waals surface area contributed by atoms with Crippen molar-refractivity contribution < 1.29 is 70.9 Å². The Hall–Kier alpha value is -2.12. The third-order valence-electron chi connectivity index (χ3n) is 16.0. The molecule has 0 spiro atoms. The largest absolute Gasteiger partial charge is 0.458 e. The first-order chi connectivity index (χ1) is 31.9. The van der Waals surface area contributed by atoms with Crippen LogP contribution in [0.4, 0.5) is 4.79 Å². The summed E-state index contributed by atoms with van der Waals surface area (Å²) in [5.74, 6) is -4.93. The number of carbonyl (C=O) groups excluding carboxylic acids is 3. The number of rotatable bonds is 17. The number of hydrogen-bond acceptors (Lipinski definition) is 18. The van der Waals surface area contributed by atoms with Crippen LogP contribution in [0, 0.1) is 23.7 Å². The highest BCUT2D eigenvalue weighted by molar-refractivity contribution is 7.88. The standard InChI is InChI=1S/C48H89N5O15S/c1-19-35-47(12)40(53(44(57)68-47)49-69(18,59)60)30(6)37(54)28(4)25-45(10,61-16)41(67-43-38(55)34(50(13)14)24-29(5)63-43)31(7)39(32(8)42(56)65-35)66-36-26-46(11,62-17)48(58,33(9)64-36)27-51(15)22-23-52(20-2)21-3/h28-36,38-41,43,49,55,58H,19-27H2,1-18H3/t28-,29-,30+,31+,32-,33+,34+,35-,36+,38-,39+,40-,41-,43+,45+,46-,47-,48-/m1/s1. The van der Waals surface area contributed by atoms with Gasteiger partial charge in [0.1, 0.15) is 35.2 Å². The summed E-state index contributed by atoms with van der Waals surface area (Å²) in [5, 5.41) is 25.2. The number of methoxy groups -OCH3 is 2. The number of ether oxygens (including phenoxy) is 8. The summed E-state index contributed by atoms with van der Waals surface area (Å²) in [6, 6.07) is -1.62. The summed E-state index contributed by atoms with van der Waals surface area (Å²) < 4.78 is 77.4. The predicted molar refractivity (Wildman–Crippen MR) is 257 cm³/mol. The van der Waals surface area contributed by atoms with Crippen molar-refractivity contribution in [2.75, 3.05) is 74.3 Å². The maximum Gasteiger partial charge on any atom is 0.426 e. The van der Waals surface area contributed by atoms with Gasteiger partial charge >= 0.3 is 12.1 Å². The van der Waals surface area contributed by atoms with Gasteiger partial charge in [-0.15, -0.1) is 4.83 Å². The molecule has 0 aromatic rings. The fourth-order valence-corrected chi connectivity index (χ4v) is 12.0. The number of nitrogens with one attached hydrogen (secondary N) is 1. The third-order valence-corrected chi connectivity index (χ3v) is 16.5. The van der Waals surface area contributed by atoms with Crippen LogP contribution in [-0.2, 0) is 57.5 Å². The van der Waals surface area contributed by atoms with Gasteiger partial charge in [-0.1, -0.05) is 41.5 Å². The summed E-state index contributed by atoms with van der Waals surface area (Å²) in [7, 11) is 4.64. The molecule has 0 bridgehead atoms. The van der Waals surface area contributed by atoms with Crippen LogP contribution in [0.25, 0.3) is 0 Å². The average Bonchev–Trinajstić information content (AvgIpc) is 3.52. The number of hydrogen-bond donors (Lipinski definition) is 3. The molecule has 4 saturated heterocycles. The predicted octanol–water partition coefficient (Wildman–Crippen LogP) is 3.02. The van der Waals surface area contributed by atoms with Gasteiger partial charge in [-0.25, -0.2) is 18.2 Å². The molecule has 1 amide bonds. The monoisotopic (exact) mass is 1010 g/mol. The van der Waals surface area contributed by atoms with Crippen molar-refractivity contribution in [3.05, 3.63) is 0 Å². The number of aliphatic hydroxyl groups is 2. The van der Waals surface area contributed by atoms with E-state index in [-0.39, 0.29) is 43.7 Å². The number of aliphatic hydroxyl groups excluding tert-OH is 1. The lowest BCUT2D eigenvalue weighted by Gasteiger charge is -2.54. The zero-order chi connectivity index (χ0) is 52.4. The molecule has 69 heavy (non-hydrogen) atoms. The van der Waals surface area contributed by atoms with Crippen LogP contribution in [0.3, 0.4) is 0 Å². The Labute approximate surface area is 412 Å². The minimum absolute atomic E-state index is 0.0190. The van der Waals surface area contributed by atoms with Gasteiger partial charge in [0, 0.05) is 64.1 Å². The van der Waals surface area contributed by atoms with Crippen molar-refractivity contribution in [3.8, 4) is 0 Å². The molecule has 20 nitrogen and oxygen atoms in total. The summed E-state index contributed by atoms with van der Waals surface area (Å²) in [6.45, 7) is 25.1. The molecule has 4 aliphatic heterocycles. The molecule has 0 aromatic carbocycles. The van der Waals surface area contributed by atoms with Crippen LogP contribution in [0.2, 0.25) is 0 Å². The van der Waals surface area contributed by atoms with Gasteiger partial charge in [-0.2, -0.15) is 0 Å². The van der Waals surface area contributed by atoms with Crippen LogP contribution < -0.4 is 4.83 Å². The molecule has 18 atom stereocenters. The van der Waals surface area contributed by atoms with E-state index in [9.17, 15) is 33.0 Å². The number of fused-ring (bicyclic) bond motifs is 1. The number of carbonyl (C=O) groups is 3.